The van der Waals surface area contributed by atoms with Gasteiger partial charge in [0, 0.05) is 5.69 Å². The van der Waals surface area contributed by atoms with E-state index in [2.05, 4.69) is 10.3 Å². The third-order valence-corrected chi connectivity index (χ3v) is 1.84. The SMILES string of the molecule is Cc1cccc(C(=O)N[C@H](C)C(=O)O)n1. The maximum absolute atomic E-state index is 11.5. The molecule has 0 radical (unpaired) electrons. The molecule has 2 N–H and O–H groups in total. The summed E-state index contributed by atoms with van der Waals surface area (Å²) in [7, 11) is 0. The number of aromatic nitrogens is 1. The Bertz CT molecular complexity index is 390. The number of carboxylic acid groups (broad SMARTS) is 1. The van der Waals surface area contributed by atoms with Crippen molar-refractivity contribution in [1.82, 2.24) is 10.3 Å². The van der Waals surface area contributed by atoms with E-state index in [4.69, 9.17) is 5.11 Å². The Morgan fingerprint density at radius 2 is 2.13 bits per heavy atom. The fourth-order valence-electron chi connectivity index (χ4n) is 1.00. The van der Waals surface area contributed by atoms with Gasteiger partial charge in [-0.2, -0.15) is 0 Å². The average molecular weight is 208 g/mol. The zero-order valence-electron chi connectivity index (χ0n) is 8.52. The zero-order chi connectivity index (χ0) is 11.4. The van der Waals surface area contributed by atoms with Crippen molar-refractivity contribution in [3.05, 3.63) is 29.6 Å². The molecule has 1 amide bonds. The molecule has 0 aliphatic carbocycles. The van der Waals surface area contributed by atoms with Crippen LogP contribution in [-0.2, 0) is 4.79 Å². The van der Waals surface area contributed by atoms with E-state index in [9.17, 15) is 9.59 Å². The molecule has 1 aromatic rings. The number of aliphatic carboxylic acids is 1. The van der Waals surface area contributed by atoms with Crippen molar-refractivity contribution >= 4 is 11.9 Å². The number of carboxylic acids is 1. The van der Waals surface area contributed by atoms with E-state index in [1.807, 2.05) is 0 Å². The van der Waals surface area contributed by atoms with E-state index < -0.39 is 17.9 Å². The van der Waals surface area contributed by atoms with Crippen molar-refractivity contribution in [2.75, 3.05) is 0 Å². The van der Waals surface area contributed by atoms with Gasteiger partial charge in [-0.3, -0.25) is 9.59 Å². The van der Waals surface area contributed by atoms with Crippen molar-refractivity contribution in [3.63, 3.8) is 0 Å². The third kappa shape index (κ3) is 3.05. The van der Waals surface area contributed by atoms with E-state index in [0.29, 0.717) is 5.69 Å². The summed E-state index contributed by atoms with van der Waals surface area (Å²) in [6.07, 6.45) is 0. The minimum absolute atomic E-state index is 0.225. The highest BCUT2D eigenvalue weighted by atomic mass is 16.4. The van der Waals surface area contributed by atoms with Crippen molar-refractivity contribution in [3.8, 4) is 0 Å². The van der Waals surface area contributed by atoms with Gasteiger partial charge in [0.25, 0.3) is 5.91 Å². The number of rotatable bonds is 3. The van der Waals surface area contributed by atoms with Gasteiger partial charge in [-0.25, -0.2) is 4.98 Å². The monoisotopic (exact) mass is 208 g/mol. The van der Waals surface area contributed by atoms with E-state index >= 15 is 0 Å². The Morgan fingerprint density at radius 1 is 1.47 bits per heavy atom. The lowest BCUT2D eigenvalue weighted by molar-refractivity contribution is -0.138. The smallest absolute Gasteiger partial charge is 0.325 e. The fourth-order valence-corrected chi connectivity index (χ4v) is 1.00. The number of nitrogens with one attached hydrogen (secondary N) is 1. The second-order valence-corrected chi connectivity index (χ2v) is 3.20. The van der Waals surface area contributed by atoms with E-state index in [0.717, 1.165) is 0 Å². The molecular weight excluding hydrogens is 196 g/mol. The Balaban J connectivity index is 2.73. The molecule has 0 aromatic carbocycles. The van der Waals surface area contributed by atoms with Crippen LogP contribution in [0.2, 0.25) is 0 Å². The van der Waals surface area contributed by atoms with Gasteiger partial charge in [0.1, 0.15) is 11.7 Å². The Kier molecular flexibility index (Phi) is 3.38. The molecule has 0 spiro atoms. The molecule has 0 aliphatic rings. The average Bonchev–Trinajstić information content (AvgIpc) is 2.17. The number of nitrogens with zero attached hydrogens (tertiary/aromatic N) is 1. The van der Waals surface area contributed by atoms with Crippen LogP contribution in [0.5, 0.6) is 0 Å². The highest BCUT2D eigenvalue weighted by Gasteiger charge is 2.15. The molecule has 0 saturated heterocycles. The minimum Gasteiger partial charge on any atom is -0.480 e. The number of hydrogen-bond donors (Lipinski definition) is 2. The van der Waals surface area contributed by atoms with Crippen molar-refractivity contribution < 1.29 is 14.7 Å². The van der Waals surface area contributed by atoms with Crippen LogP contribution in [0.4, 0.5) is 0 Å². The predicted molar refractivity (Wildman–Crippen MR) is 53.5 cm³/mol. The quantitative estimate of drug-likeness (QED) is 0.762. The second-order valence-electron chi connectivity index (χ2n) is 3.20. The van der Waals surface area contributed by atoms with Crippen molar-refractivity contribution in [2.24, 2.45) is 0 Å². The van der Waals surface area contributed by atoms with Gasteiger partial charge >= 0.3 is 5.97 Å². The Labute approximate surface area is 87.1 Å². The van der Waals surface area contributed by atoms with Crippen molar-refractivity contribution in [2.45, 2.75) is 19.9 Å². The summed E-state index contributed by atoms with van der Waals surface area (Å²) in [5.41, 5.74) is 0.939. The molecule has 5 nitrogen and oxygen atoms in total. The van der Waals surface area contributed by atoms with Crippen LogP contribution in [0.3, 0.4) is 0 Å². The molecular formula is C10H12N2O3. The summed E-state index contributed by atoms with van der Waals surface area (Å²) >= 11 is 0. The lowest BCUT2D eigenvalue weighted by Gasteiger charge is -2.08. The molecule has 1 aromatic heterocycles. The lowest BCUT2D eigenvalue weighted by Crippen LogP contribution is -2.38. The summed E-state index contributed by atoms with van der Waals surface area (Å²) in [4.78, 5) is 26.0. The summed E-state index contributed by atoms with van der Waals surface area (Å²) in [5.74, 6) is -1.55. The van der Waals surface area contributed by atoms with E-state index in [1.54, 1.807) is 19.1 Å². The number of amides is 1. The summed E-state index contributed by atoms with van der Waals surface area (Å²) in [6.45, 7) is 3.16. The largest absolute Gasteiger partial charge is 0.480 e. The number of hydrogen-bond acceptors (Lipinski definition) is 3. The number of carbonyl (C=O) groups is 2. The van der Waals surface area contributed by atoms with Crippen LogP contribution in [-0.4, -0.2) is 28.0 Å². The van der Waals surface area contributed by atoms with Crippen molar-refractivity contribution in [1.29, 1.82) is 0 Å². The van der Waals surface area contributed by atoms with Crippen LogP contribution in [0.25, 0.3) is 0 Å². The first kappa shape index (κ1) is 11.2. The standard InChI is InChI=1S/C10H12N2O3/c1-6-4-3-5-8(11-6)9(13)12-7(2)10(14)15/h3-5,7H,1-2H3,(H,12,13)(H,14,15)/t7-/m1/s1. The highest BCUT2D eigenvalue weighted by molar-refractivity contribution is 5.94. The number of aryl methyl sites for hydroxylation is 1. The molecule has 1 atom stereocenters. The van der Waals surface area contributed by atoms with Gasteiger partial charge in [0.2, 0.25) is 0 Å². The van der Waals surface area contributed by atoms with Crippen LogP contribution < -0.4 is 5.32 Å². The summed E-state index contributed by atoms with van der Waals surface area (Å²) in [6, 6.07) is 4.08. The molecule has 0 bridgehead atoms. The van der Waals surface area contributed by atoms with Gasteiger partial charge in [0.15, 0.2) is 0 Å². The first-order chi connectivity index (χ1) is 7.00. The van der Waals surface area contributed by atoms with Gasteiger partial charge in [-0.05, 0) is 26.0 Å². The molecule has 0 saturated carbocycles. The Morgan fingerprint density at radius 3 is 2.67 bits per heavy atom. The molecule has 0 unspecified atom stereocenters. The molecule has 1 heterocycles. The first-order valence-corrected chi connectivity index (χ1v) is 4.48. The van der Waals surface area contributed by atoms with Crippen LogP contribution in [0, 0.1) is 6.92 Å². The minimum atomic E-state index is -1.07. The Hall–Kier alpha value is -1.91. The van der Waals surface area contributed by atoms with E-state index in [-0.39, 0.29) is 5.69 Å². The molecule has 1 rings (SSSR count). The second kappa shape index (κ2) is 4.54. The van der Waals surface area contributed by atoms with E-state index in [1.165, 1.54) is 13.0 Å². The predicted octanol–water partition coefficient (Wildman–Crippen LogP) is 0.593. The highest BCUT2D eigenvalue weighted by Crippen LogP contribution is 1.98. The van der Waals surface area contributed by atoms with Crippen LogP contribution in [0.15, 0.2) is 18.2 Å². The van der Waals surface area contributed by atoms with Gasteiger partial charge in [0.05, 0.1) is 0 Å². The molecule has 0 aliphatic heterocycles. The lowest BCUT2D eigenvalue weighted by atomic mass is 10.2. The first-order valence-electron chi connectivity index (χ1n) is 4.48. The molecule has 0 fully saturated rings. The molecule has 80 valence electrons. The normalized spacial score (nSPS) is 11.9. The maximum atomic E-state index is 11.5. The summed E-state index contributed by atoms with van der Waals surface area (Å²) in [5, 5.41) is 10.9. The molecule has 15 heavy (non-hydrogen) atoms. The van der Waals surface area contributed by atoms with Gasteiger partial charge in [-0.1, -0.05) is 6.07 Å². The third-order valence-electron chi connectivity index (χ3n) is 1.84. The fraction of sp³-hybridized carbons (Fsp3) is 0.300. The summed E-state index contributed by atoms with van der Waals surface area (Å²) < 4.78 is 0. The number of carbonyl (C=O) groups excluding carboxylic acids is 1. The van der Waals surface area contributed by atoms with Gasteiger partial charge in [-0.15, -0.1) is 0 Å². The van der Waals surface area contributed by atoms with Crippen LogP contribution in [0.1, 0.15) is 23.1 Å². The molecule has 5 heteroatoms. The maximum Gasteiger partial charge on any atom is 0.325 e. The topological polar surface area (TPSA) is 79.3 Å². The van der Waals surface area contributed by atoms with Crippen LogP contribution >= 0.6 is 0 Å². The zero-order valence-corrected chi connectivity index (χ0v) is 8.52. The number of pyridine rings is 1. The van der Waals surface area contributed by atoms with Gasteiger partial charge < -0.3 is 10.4 Å².